The van der Waals surface area contributed by atoms with Crippen LogP contribution in [-0.4, -0.2) is 21.3 Å². The summed E-state index contributed by atoms with van der Waals surface area (Å²) >= 11 is 0. The van der Waals surface area contributed by atoms with Crippen molar-refractivity contribution in [1.29, 1.82) is 0 Å². The summed E-state index contributed by atoms with van der Waals surface area (Å²) in [6.07, 6.45) is 5.05. The number of nitrogens with one attached hydrogen (secondary N) is 1. The second kappa shape index (κ2) is 5.63. The summed E-state index contributed by atoms with van der Waals surface area (Å²) in [7, 11) is 0. The molecular weight excluding hydrogens is 216 g/mol. The molecule has 0 aliphatic heterocycles. The van der Waals surface area contributed by atoms with Crippen molar-refractivity contribution in [2.75, 3.05) is 6.54 Å². The van der Waals surface area contributed by atoms with Gasteiger partial charge in [-0.3, -0.25) is 0 Å². The molecule has 92 valence electrons. The van der Waals surface area contributed by atoms with Crippen molar-refractivity contribution in [3.05, 3.63) is 35.7 Å². The van der Waals surface area contributed by atoms with Gasteiger partial charge in [0.15, 0.2) is 5.82 Å². The summed E-state index contributed by atoms with van der Waals surface area (Å²) in [6, 6.07) is 2.13. The Kier molecular flexibility index (Phi) is 3.93. The Morgan fingerprint density at radius 1 is 1.47 bits per heavy atom. The standard InChI is InChI=1S/C12H18N4O/c1-3-16-7-5-11(9-16)8-13-6-4-12-14-10(2)17-15-12/h5,7,9,13H,3-4,6,8H2,1-2H3. The van der Waals surface area contributed by atoms with Gasteiger partial charge in [-0.05, 0) is 18.6 Å². The second-order valence-corrected chi connectivity index (χ2v) is 4.01. The Hall–Kier alpha value is -1.62. The lowest BCUT2D eigenvalue weighted by molar-refractivity contribution is 0.387. The quantitative estimate of drug-likeness (QED) is 0.770. The van der Waals surface area contributed by atoms with E-state index in [1.54, 1.807) is 6.92 Å². The van der Waals surface area contributed by atoms with Crippen LogP contribution in [0.25, 0.3) is 0 Å². The summed E-state index contributed by atoms with van der Waals surface area (Å²) < 4.78 is 7.07. The minimum absolute atomic E-state index is 0.625. The van der Waals surface area contributed by atoms with E-state index in [-0.39, 0.29) is 0 Å². The Bertz CT molecular complexity index is 461. The Morgan fingerprint density at radius 3 is 3.00 bits per heavy atom. The van der Waals surface area contributed by atoms with Gasteiger partial charge in [0.05, 0.1) is 0 Å². The van der Waals surface area contributed by atoms with Crippen LogP contribution in [0.4, 0.5) is 0 Å². The predicted molar refractivity (Wildman–Crippen MR) is 64.6 cm³/mol. The monoisotopic (exact) mass is 234 g/mol. The van der Waals surface area contributed by atoms with E-state index in [1.807, 2.05) is 0 Å². The minimum atomic E-state index is 0.625. The van der Waals surface area contributed by atoms with Gasteiger partial charge in [-0.2, -0.15) is 4.98 Å². The van der Waals surface area contributed by atoms with E-state index >= 15 is 0 Å². The van der Waals surface area contributed by atoms with E-state index in [4.69, 9.17) is 4.52 Å². The molecule has 0 bridgehead atoms. The van der Waals surface area contributed by atoms with Gasteiger partial charge in [0.2, 0.25) is 5.89 Å². The molecule has 0 saturated carbocycles. The molecule has 2 heterocycles. The fourth-order valence-electron chi connectivity index (χ4n) is 1.67. The van der Waals surface area contributed by atoms with Crippen molar-refractivity contribution in [2.45, 2.75) is 33.4 Å². The van der Waals surface area contributed by atoms with Gasteiger partial charge < -0.3 is 14.4 Å². The zero-order valence-corrected chi connectivity index (χ0v) is 10.3. The highest BCUT2D eigenvalue weighted by atomic mass is 16.5. The van der Waals surface area contributed by atoms with E-state index in [1.165, 1.54) is 5.56 Å². The van der Waals surface area contributed by atoms with Crippen LogP contribution in [0.3, 0.4) is 0 Å². The molecular formula is C12H18N4O. The van der Waals surface area contributed by atoms with Gasteiger partial charge in [0, 0.05) is 45.4 Å². The number of hydrogen-bond donors (Lipinski definition) is 1. The lowest BCUT2D eigenvalue weighted by Crippen LogP contribution is -2.16. The molecule has 0 spiro atoms. The zero-order chi connectivity index (χ0) is 12.1. The lowest BCUT2D eigenvalue weighted by Gasteiger charge is -2.00. The molecule has 0 saturated heterocycles. The maximum Gasteiger partial charge on any atom is 0.223 e. The van der Waals surface area contributed by atoms with Crippen LogP contribution in [0.1, 0.15) is 24.2 Å². The van der Waals surface area contributed by atoms with E-state index in [2.05, 4.69) is 45.4 Å². The highest BCUT2D eigenvalue weighted by molar-refractivity contribution is 5.09. The Labute approximate surface area is 101 Å². The van der Waals surface area contributed by atoms with Gasteiger partial charge >= 0.3 is 0 Å². The number of rotatable bonds is 6. The largest absolute Gasteiger partial charge is 0.354 e. The SMILES string of the molecule is CCn1ccc(CNCCc2noc(C)n2)c1. The molecule has 17 heavy (non-hydrogen) atoms. The van der Waals surface area contributed by atoms with Crippen molar-refractivity contribution in [3.8, 4) is 0 Å². The van der Waals surface area contributed by atoms with E-state index < -0.39 is 0 Å². The average molecular weight is 234 g/mol. The maximum atomic E-state index is 4.91. The number of aromatic nitrogens is 3. The van der Waals surface area contributed by atoms with Gasteiger partial charge in [-0.1, -0.05) is 5.16 Å². The van der Waals surface area contributed by atoms with E-state index in [9.17, 15) is 0 Å². The molecule has 0 fully saturated rings. The third-order valence-corrected chi connectivity index (χ3v) is 2.60. The highest BCUT2D eigenvalue weighted by Gasteiger charge is 2.01. The van der Waals surface area contributed by atoms with Crippen LogP contribution in [0.2, 0.25) is 0 Å². The van der Waals surface area contributed by atoms with Crippen molar-refractivity contribution in [1.82, 2.24) is 20.0 Å². The maximum absolute atomic E-state index is 4.91. The number of hydrogen-bond acceptors (Lipinski definition) is 4. The third kappa shape index (κ3) is 3.42. The molecule has 0 aromatic carbocycles. The molecule has 0 radical (unpaired) electrons. The molecule has 0 aliphatic carbocycles. The van der Waals surface area contributed by atoms with Crippen LogP contribution >= 0.6 is 0 Å². The van der Waals surface area contributed by atoms with Crippen molar-refractivity contribution < 1.29 is 4.52 Å². The molecule has 5 nitrogen and oxygen atoms in total. The van der Waals surface area contributed by atoms with Gasteiger partial charge in [0.25, 0.3) is 0 Å². The van der Waals surface area contributed by atoms with Crippen LogP contribution in [0.5, 0.6) is 0 Å². The third-order valence-electron chi connectivity index (χ3n) is 2.60. The van der Waals surface area contributed by atoms with E-state index in [0.29, 0.717) is 5.89 Å². The highest BCUT2D eigenvalue weighted by Crippen LogP contribution is 2.01. The first-order chi connectivity index (χ1) is 8.28. The van der Waals surface area contributed by atoms with Crippen LogP contribution in [-0.2, 0) is 19.5 Å². The van der Waals surface area contributed by atoms with Crippen LogP contribution in [0, 0.1) is 6.92 Å². The Balaban J connectivity index is 1.69. The predicted octanol–water partition coefficient (Wildman–Crippen LogP) is 1.53. The van der Waals surface area contributed by atoms with E-state index in [0.717, 1.165) is 31.9 Å². The summed E-state index contributed by atoms with van der Waals surface area (Å²) in [5.74, 6) is 1.39. The molecule has 0 aliphatic rings. The second-order valence-electron chi connectivity index (χ2n) is 4.01. The van der Waals surface area contributed by atoms with Gasteiger partial charge in [-0.15, -0.1) is 0 Å². The zero-order valence-electron chi connectivity index (χ0n) is 10.3. The van der Waals surface area contributed by atoms with Crippen molar-refractivity contribution in [3.63, 3.8) is 0 Å². The first kappa shape index (κ1) is 11.9. The molecule has 0 atom stereocenters. The summed E-state index contributed by atoms with van der Waals surface area (Å²) in [5.41, 5.74) is 1.30. The summed E-state index contributed by atoms with van der Waals surface area (Å²) in [5, 5.41) is 7.21. The number of aryl methyl sites for hydroxylation is 2. The lowest BCUT2D eigenvalue weighted by atomic mass is 10.3. The number of nitrogens with zero attached hydrogens (tertiary/aromatic N) is 3. The Morgan fingerprint density at radius 2 is 2.35 bits per heavy atom. The minimum Gasteiger partial charge on any atom is -0.354 e. The van der Waals surface area contributed by atoms with Crippen molar-refractivity contribution >= 4 is 0 Å². The molecule has 0 unspecified atom stereocenters. The normalized spacial score (nSPS) is 10.9. The molecule has 0 amide bonds. The molecule has 2 aromatic rings. The molecule has 2 rings (SSSR count). The fourth-order valence-corrected chi connectivity index (χ4v) is 1.67. The smallest absolute Gasteiger partial charge is 0.223 e. The van der Waals surface area contributed by atoms with Crippen LogP contribution < -0.4 is 5.32 Å². The summed E-state index contributed by atoms with van der Waals surface area (Å²) in [4.78, 5) is 4.15. The van der Waals surface area contributed by atoms with Gasteiger partial charge in [0.1, 0.15) is 0 Å². The molecule has 2 aromatic heterocycles. The van der Waals surface area contributed by atoms with Gasteiger partial charge in [-0.25, -0.2) is 0 Å². The molecule has 5 heteroatoms. The molecule has 1 N–H and O–H groups in total. The topological polar surface area (TPSA) is 55.9 Å². The fraction of sp³-hybridized carbons (Fsp3) is 0.500. The average Bonchev–Trinajstić information content (AvgIpc) is 2.93. The van der Waals surface area contributed by atoms with Crippen LogP contribution in [0.15, 0.2) is 23.0 Å². The van der Waals surface area contributed by atoms with Crippen molar-refractivity contribution in [2.24, 2.45) is 0 Å². The first-order valence-electron chi connectivity index (χ1n) is 5.92. The first-order valence-corrected chi connectivity index (χ1v) is 5.92. The summed E-state index contributed by atoms with van der Waals surface area (Å²) in [6.45, 7) is 6.69.